The zero-order valence-electron chi connectivity index (χ0n) is 18.7. The monoisotopic (exact) mass is 467 g/mol. The van der Waals surface area contributed by atoms with Crippen LogP contribution in [0.15, 0.2) is 90.5 Å². The Hall–Kier alpha value is -3.89. The smallest absolute Gasteiger partial charge is 0.300 e. The Bertz CT molecular complexity index is 1480. The van der Waals surface area contributed by atoms with Gasteiger partial charge in [0.1, 0.15) is 5.76 Å². The van der Waals surface area contributed by atoms with Gasteiger partial charge in [0, 0.05) is 16.3 Å². The van der Waals surface area contributed by atoms with Gasteiger partial charge in [-0.25, -0.2) is 0 Å². The Morgan fingerprint density at radius 3 is 2.29 bits per heavy atom. The van der Waals surface area contributed by atoms with E-state index in [0.717, 1.165) is 27.5 Å². The highest BCUT2D eigenvalue weighted by molar-refractivity contribution is 6.52. The van der Waals surface area contributed by atoms with Crippen LogP contribution in [0.1, 0.15) is 28.3 Å². The van der Waals surface area contributed by atoms with Gasteiger partial charge >= 0.3 is 0 Å². The van der Waals surface area contributed by atoms with Crippen molar-refractivity contribution in [1.29, 1.82) is 0 Å². The first kappa shape index (κ1) is 21.9. The van der Waals surface area contributed by atoms with Crippen LogP contribution in [0.2, 0.25) is 5.02 Å². The van der Waals surface area contributed by atoms with E-state index in [0.29, 0.717) is 16.3 Å². The summed E-state index contributed by atoms with van der Waals surface area (Å²) in [5.41, 5.74) is 3.92. The number of aliphatic hydroxyl groups excluding tert-OH is 1. The summed E-state index contributed by atoms with van der Waals surface area (Å²) in [4.78, 5) is 28.2. The molecule has 0 radical (unpaired) electrons. The van der Waals surface area contributed by atoms with Crippen LogP contribution >= 0.6 is 11.6 Å². The summed E-state index contributed by atoms with van der Waals surface area (Å²) < 4.78 is 0. The molecule has 0 spiro atoms. The van der Waals surface area contributed by atoms with Gasteiger partial charge in [0.05, 0.1) is 11.6 Å². The number of aryl methyl sites for hydroxylation is 2. The van der Waals surface area contributed by atoms with Crippen LogP contribution in [-0.4, -0.2) is 16.8 Å². The van der Waals surface area contributed by atoms with Gasteiger partial charge in [-0.1, -0.05) is 66.2 Å². The van der Waals surface area contributed by atoms with Crippen LogP contribution < -0.4 is 4.90 Å². The molecule has 1 heterocycles. The lowest BCUT2D eigenvalue weighted by molar-refractivity contribution is -0.132. The molecular weight excluding hydrogens is 446 g/mol. The van der Waals surface area contributed by atoms with Crippen LogP contribution in [0.3, 0.4) is 0 Å². The highest BCUT2D eigenvalue weighted by Crippen LogP contribution is 2.44. The number of rotatable bonds is 3. The largest absolute Gasteiger partial charge is 0.507 e. The number of hydrogen-bond donors (Lipinski definition) is 1. The van der Waals surface area contributed by atoms with Gasteiger partial charge < -0.3 is 5.11 Å². The molecule has 1 saturated heterocycles. The molecule has 4 aromatic rings. The number of carbonyl (C=O) groups is 2. The fourth-order valence-electron chi connectivity index (χ4n) is 4.53. The Morgan fingerprint density at radius 2 is 1.56 bits per heavy atom. The zero-order valence-corrected chi connectivity index (χ0v) is 19.5. The number of aliphatic hydroxyl groups is 1. The maximum atomic E-state index is 13.4. The fourth-order valence-corrected chi connectivity index (χ4v) is 4.65. The van der Waals surface area contributed by atoms with Crippen LogP contribution in [0.25, 0.3) is 16.5 Å². The SMILES string of the molecule is Cc1ccc(/C(O)=C2/C(=O)C(=O)N(c3ccc(Cl)cc3)C2c2cccc3ccccc23)cc1C. The van der Waals surface area contributed by atoms with Gasteiger partial charge in [-0.15, -0.1) is 0 Å². The van der Waals surface area contributed by atoms with Crippen molar-refractivity contribution in [1.82, 2.24) is 0 Å². The molecule has 1 atom stereocenters. The van der Waals surface area contributed by atoms with Crippen LogP contribution in [0.5, 0.6) is 0 Å². The van der Waals surface area contributed by atoms with Gasteiger partial charge in [0.2, 0.25) is 0 Å². The van der Waals surface area contributed by atoms with E-state index >= 15 is 0 Å². The second-order valence-corrected chi connectivity index (χ2v) is 8.95. The number of amides is 1. The molecule has 1 fully saturated rings. The van der Waals surface area contributed by atoms with Crippen molar-refractivity contribution >= 4 is 45.5 Å². The minimum atomic E-state index is -0.797. The molecule has 0 aromatic heterocycles. The highest BCUT2D eigenvalue weighted by Gasteiger charge is 2.47. The topological polar surface area (TPSA) is 57.6 Å². The van der Waals surface area contributed by atoms with Gasteiger partial charge in [-0.05, 0) is 71.6 Å². The summed E-state index contributed by atoms with van der Waals surface area (Å²) in [6.07, 6.45) is 0. The van der Waals surface area contributed by atoms with Gasteiger partial charge in [0.15, 0.2) is 0 Å². The average molecular weight is 468 g/mol. The van der Waals surface area contributed by atoms with E-state index in [9.17, 15) is 14.7 Å². The van der Waals surface area contributed by atoms with Gasteiger partial charge in [0.25, 0.3) is 11.7 Å². The number of carbonyl (C=O) groups excluding carboxylic acids is 2. The van der Waals surface area contributed by atoms with Crippen molar-refractivity contribution in [3.63, 3.8) is 0 Å². The third-order valence-corrected chi connectivity index (χ3v) is 6.70. The number of hydrogen-bond acceptors (Lipinski definition) is 3. The van der Waals surface area contributed by atoms with Crippen molar-refractivity contribution in [2.24, 2.45) is 0 Å². The first-order valence-electron chi connectivity index (χ1n) is 11.0. The number of halogens is 1. The molecule has 1 aliphatic rings. The number of benzene rings is 4. The molecule has 4 aromatic carbocycles. The van der Waals surface area contributed by atoms with Crippen molar-refractivity contribution in [2.75, 3.05) is 4.90 Å². The maximum absolute atomic E-state index is 13.4. The standard InChI is InChI=1S/C29H22ClNO3/c1-17-10-11-20(16-18(17)2)27(32)25-26(24-9-5-7-19-6-3-4-8-23(19)24)31(29(34)28(25)33)22-14-12-21(30)13-15-22/h3-16,26,32H,1-2H3/b27-25-. The maximum Gasteiger partial charge on any atom is 0.300 e. The van der Waals surface area contributed by atoms with E-state index in [1.807, 2.05) is 68.4 Å². The first-order chi connectivity index (χ1) is 16.4. The van der Waals surface area contributed by atoms with Gasteiger partial charge in [-0.3, -0.25) is 14.5 Å². The van der Waals surface area contributed by atoms with E-state index in [1.165, 1.54) is 4.90 Å². The third kappa shape index (κ3) is 3.57. The van der Waals surface area contributed by atoms with E-state index < -0.39 is 17.7 Å². The molecule has 5 rings (SSSR count). The number of nitrogens with zero attached hydrogens (tertiary/aromatic N) is 1. The zero-order chi connectivity index (χ0) is 24.0. The summed E-state index contributed by atoms with van der Waals surface area (Å²) in [7, 11) is 0. The fraction of sp³-hybridized carbons (Fsp3) is 0.103. The summed E-state index contributed by atoms with van der Waals surface area (Å²) in [6.45, 7) is 3.93. The first-order valence-corrected chi connectivity index (χ1v) is 11.4. The number of fused-ring (bicyclic) bond motifs is 1. The quantitative estimate of drug-likeness (QED) is 0.206. The lowest BCUT2D eigenvalue weighted by atomic mass is 9.91. The van der Waals surface area contributed by atoms with Crippen molar-refractivity contribution in [3.05, 3.63) is 118 Å². The Labute approximate surface area is 202 Å². The Balaban J connectivity index is 1.80. The van der Waals surface area contributed by atoms with Crippen LogP contribution in [0.4, 0.5) is 5.69 Å². The molecule has 0 saturated carbocycles. The van der Waals surface area contributed by atoms with Crippen molar-refractivity contribution in [3.8, 4) is 0 Å². The molecule has 0 bridgehead atoms. The molecule has 34 heavy (non-hydrogen) atoms. The number of anilines is 1. The minimum Gasteiger partial charge on any atom is -0.507 e. The second kappa shape index (κ2) is 8.47. The molecule has 168 valence electrons. The summed E-state index contributed by atoms with van der Waals surface area (Å²) in [5.74, 6) is -1.59. The van der Waals surface area contributed by atoms with E-state index in [2.05, 4.69) is 0 Å². The minimum absolute atomic E-state index is 0.0690. The Morgan fingerprint density at radius 1 is 0.853 bits per heavy atom. The highest BCUT2D eigenvalue weighted by atomic mass is 35.5. The third-order valence-electron chi connectivity index (χ3n) is 6.45. The van der Waals surface area contributed by atoms with Crippen LogP contribution in [0, 0.1) is 13.8 Å². The molecule has 1 unspecified atom stereocenters. The lowest BCUT2D eigenvalue weighted by Crippen LogP contribution is -2.29. The predicted octanol–water partition coefficient (Wildman–Crippen LogP) is 6.74. The van der Waals surface area contributed by atoms with E-state index in [1.54, 1.807) is 30.3 Å². The van der Waals surface area contributed by atoms with Crippen molar-refractivity contribution in [2.45, 2.75) is 19.9 Å². The lowest BCUT2D eigenvalue weighted by Gasteiger charge is -2.26. The molecule has 1 N–H and O–H groups in total. The molecule has 1 amide bonds. The van der Waals surface area contributed by atoms with Crippen LogP contribution in [-0.2, 0) is 9.59 Å². The molecule has 4 nitrogen and oxygen atoms in total. The van der Waals surface area contributed by atoms with E-state index in [-0.39, 0.29) is 11.3 Å². The molecular formula is C29H22ClNO3. The summed E-state index contributed by atoms with van der Waals surface area (Å²) >= 11 is 6.08. The summed E-state index contributed by atoms with van der Waals surface area (Å²) in [6, 6.07) is 25.1. The second-order valence-electron chi connectivity index (χ2n) is 8.51. The molecule has 1 aliphatic heterocycles. The van der Waals surface area contributed by atoms with E-state index in [4.69, 9.17) is 11.6 Å². The van der Waals surface area contributed by atoms with Crippen molar-refractivity contribution < 1.29 is 14.7 Å². The number of Topliss-reactive ketones (excluding diaryl/α,β-unsaturated/α-hetero) is 1. The average Bonchev–Trinajstić information content (AvgIpc) is 3.11. The number of ketones is 1. The molecule has 0 aliphatic carbocycles. The summed E-state index contributed by atoms with van der Waals surface area (Å²) in [5, 5.41) is 13.8. The molecule has 5 heteroatoms. The van der Waals surface area contributed by atoms with Gasteiger partial charge in [-0.2, -0.15) is 0 Å². The normalized spacial score (nSPS) is 17.5. The predicted molar refractivity (Wildman–Crippen MR) is 136 cm³/mol. The Kier molecular flexibility index (Phi) is 5.46.